The number of terminal acetylenes is 1. The van der Waals surface area contributed by atoms with Gasteiger partial charge in [0, 0.05) is 12.5 Å². The van der Waals surface area contributed by atoms with E-state index in [1.165, 1.54) is 13.0 Å². The number of rotatable bonds is 7. The minimum atomic E-state index is -4.40. The molecule has 0 aliphatic rings. The third-order valence-corrected chi connectivity index (χ3v) is 3.42. The highest BCUT2D eigenvalue weighted by molar-refractivity contribution is 6.45. The molecular weight excluding hydrogens is 359 g/mol. The number of hydrogen-bond acceptors (Lipinski definition) is 4. The number of carbonyl (C=O) groups is 1. The topological polar surface area (TPSA) is 47.9 Å². The Hall–Kier alpha value is -3.27. The summed E-state index contributed by atoms with van der Waals surface area (Å²) in [5.74, 6) is 2.37. The number of halogens is 3. The zero-order valence-corrected chi connectivity index (χ0v) is 14.4. The molecule has 0 amide bonds. The van der Waals surface area contributed by atoms with Gasteiger partial charge in [0.1, 0.15) is 12.4 Å². The van der Waals surface area contributed by atoms with E-state index in [-0.39, 0.29) is 24.7 Å². The Kier molecular flexibility index (Phi) is 6.61. The molecule has 0 saturated carbocycles. The summed E-state index contributed by atoms with van der Waals surface area (Å²) in [4.78, 5) is 16.5. The lowest BCUT2D eigenvalue weighted by molar-refractivity contribution is -0.137. The SMILES string of the molecule is C#CCO/N=C(/C(C)=O)c1ccc(OCc2cccc(C(F)(F)F)c2)cc1. The van der Waals surface area contributed by atoms with Gasteiger partial charge in [0.05, 0.1) is 5.56 Å². The highest BCUT2D eigenvalue weighted by atomic mass is 19.4. The maximum Gasteiger partial charge on any atom is 0.416 e. The second kappa shape index (κ2) is 8.90. The first-order chi connectivity index (χ1) is 12.8. The number of nitrogens with zero attached hydrogens (tertiary/aromatic N) is 1. The van der Waals surface area contributed by atoms with Gasteiger partial charge in [-0.1, -0.05) is 23.2 Å². The van der Waals surface area contributed by atoms with E-state index in [0.717, 1.165) is 12.1 Å². The molecule has 0 bridgehead atoms. The molecule has 0 N–H and O–H groups in total. The van der Waals surface area contributed by atoms with Crippen LogP contribution in [-0.4, -0.2) is 18.1 Å². The molecule has 0 heterocycles. The van der Waals surface area contributed by atoms with E-state index in [0.29, 0.717) is 16.9 Å². The lowest BCUT2D eigenvalue weighted by Gasteiger charge is -2.10. The monoisotopic (exact) mass is 375 g/mol. The summed E-state index contributed by atoms with van der Waals surface area (Å²) in [6.45, 7) is 1.26. The van der Waals surface area contributed by atoms with Gasteiger partial charge in [0.25, 0.3) is 0 Å². The lowest BCUT2D eigenvalue weighted by Crippen LogP contribution is -2.12. The summed E-state index contributed by atoms with van der Waals surface area (Å²) in [6, 6.07) is 11.3. The minimum Gasteiger partial charge on any atom is -0.489 e. The number of ketones is 1. The van der Waals surface area contributed by atoms with Crippen LogP contribution in [0.2, 0.25) is 0 Å². The fourth-order valence-corrected chi connectivity index (χ4v) is 2.17. The van der Waals surface area contributed by atoms with Crippen LogP contribution in [-0.2, 0) is 22.4 Å². The van der Waals surface area contributed by atoms with Crippen LogP contribution in [0.5, 0.6) is 5.75 Å². The lowest BCUT2D eigenvalue weighted by atomic mass is 10.1. The number of benzene rings is 2. The molecule has 2 aromatic rings. The van der Waals surface area contributed by atoms with Gasteiger partial charge >= 0.3 is 6.18 Å². The predicted molar refractivity (Wildman–Crippen MR) is 94.2 cm³/mol. The van der Waals surface area contributed by atoms with E-state index >= 15 is 0 Å². The van der Waals surface area contributed by atoms with E-state index in [1.807, 2.05) is 0 Å². The normalized spacial score (nSPS) is 11.6. The van der Waals surface area contributed by atoms with Crippen LogP contribution in [0.1, 0.15) is 23.6 Å². The average molecular weight is 375 g/mol. The van der Waals surface area contributed by atoms with Crippen molar-refractivity contribution in [2.75, 3.05) is 6.61 Å². The molecule has 0 fully saturated rings. The highest BCUT2D eigenvalue weighted by Gasteiger charge is 2.30. The Bertz CT molecular complexity index is 865. The molecule has 0 atom stereocenters. The molecule has 2 aromatic carbocycles. The Morgan fingerprint density at radius 3 is 2.48 bits per heavy atom. The van der Waals surface area contributed by atoms with Crippen LogP contribution >= 0.6 is 0 Å². The Labute approximate surface area is 154 Å². The van der Waals surface area contributed by atoms with Gasteiger partial charge in [-0.25, -0.2) is 0 Å². The molecule has 7 heteroatoms. The van der Waals surface area contributed by atoms with Crippen molar-refractivity contribution in [3.63, 3.8) is 0 Å². The first kappa shape index (κ1) is 20.0. The third-order valence-electron chi connectivity index (χ3n) is 3.42. The maximum atomic E-state index is 12.7. The molecule has 0 saturated heterocycles. The van der Waals surface area contributed by atoms with Crippen LogP contribution in [0.25, 0.3) is 0 Å². The number of hydrogen-bond donors (Lipinski definition) is 0. The van der Waals surface area contributed by atoms with Crippen molar-refractivity contribution in [2.45, 2.75) is 19.7 Å². The van der Waals surface area contributed by atoms with Crippen LogP contribution in [0, 0.1) is 12.3 Å². The van der Waals surface area contributed by atoms with E-state index in [9.17, 15) is 18.0 Å². The van der Waals surface area contributed by atoms with Gasteiger partial charge < -0.3 is 9.57 Å². The molecule has 0 aliphatic heterocycles. The van der Waals surface area contributed by atoms with Gasteiger partial charge in [0.15, 0.2) is 18.1 Å². The summed E-state index contributed by atoms with van der Waals surface area (Å²) in [6.07, 6.45) is 0.654. The van der Waals surface area contributed by atoms with Crippen molar-refractivity contribution < 1.29 is 27.5 Å². The Morgan fingerprint density at radius 1 is 1.19 bits per heavy atom. The molecule has 0 aliphatic carbocycles. The standard InChI is InChI=1S/C20H16F3NO3/c1-3-11-27-24-19(14(2)25)16-7-9-18(10-8-16)26-13-15-5-4-6-17(12-15)20(21,22)23/h1,4-10,12H,11,13H2,2H3/b24-19-. The summed E-state index contributed by atoms with van der Waals surface area (Å²) in [5, 5.41) is 3.72. The summed E-state index contributed by atoms with van der Waals surface area (Å²) in [7, 11) is 0. The smallest absolute Gasteiger partial charge is 0.416 e. The van der Waals surface area contributed by atoms with Crippen LogP contribution < -0.4 is 4.74 Å². The van der Waals surface area contributed by atoms with Gasteiger partial charge in [-0.15, -0.1) is 6.42 Å². The van der Waals surface area contributed by atoms with Crippen molar-refractivity contribution >= 4 is 11.5 Å². The fraction of sp³-hybridized carbons (Fsp3) is 0.200. The summed E-state index contributed by atoms with van der Waals surface area (Å²) < 4.78 is 43.7. The first-order valence-corrected chi connectivity index (χ1v) is 7.85. The van der Waals surface area contributed by atoms with Crippen molar-refractivity contribution in [1.82, 2.24) is 0 Å². The van der Waals surface area contributed by atoms with Crippen LogP contribution in [0.4, 0.5) is 13.2 Å². The van der Waals surface area contributed by atoms with Gasteiger partial charge in [-0.05, 0) is 42.0 Å². The van der Waals surface area contributed by atoms with Gasteiger partial charge in [-0.2, -0.15) is 13.2 Å². The van der Waals surface area contributed by atoms with E-state index in [2.05, 4.69) is 11.1 Å². The minimum absolute atomic E-state index is 0.0256. The molecule has 0 unspecified atom stereocenters. The molecular formula is C20H16F3NO3. The number of Topliss-reactive ketones (excluding diaryl/α,β-unsaturated/α-hetero) is 1. The third kappa shape index (κ3) is 5.89. The maximum absolute atomic E-state index is 12.7. The second-order valence-corrected chi connectivity index (χ2v) is 5.48. The van der Waals surface area contributed by atoms with Crippen molar-refractivity contribution in [2.24, 2.45) is 5.16 Å². The van der Waals surface area contributed by atoms with Crippen molar-refractivity contribution in [3.8, 4) is 18.1 Å². The largest absolute Gasteiger partial charge is 0.489 e. The first-order valence-electron chi connectivity index (χ1n) is 7.85. The summed E-state index contributed by atoms with van der Waals surface area (Å²) in [5.41, 5.74) is 0.274. The van der Waals surface area contributed by atoms with Crippen molar-refractivity contribution in [1.29, 1.82) is 0 Å². The van der Waals surface area contributed by atoms with E-state index in [1.54, 1.807) is 30.3 Å². The fourth-order valence-electron chi connectivity index (χ4n) is 2.17. The summed E-state index contributed by atoms with van der Waals surface area (Å²) >= 11 is 0. The number of alkyl halides is 3. The zero-order valence-electron chi connectivity index (χ0n) is 14.4. The number of carbonyl (C=O) groups excluding carboxylic acids is 1. The average Bonchev–Trinajstić information content (AvgIpc) is 2.63. The van der Waals surface area contributed by atoms with Crippen molar-refractivity contribution in [3.05, 3.63) is 65.2 Å². The van der Waals surface area contributed by atoms with Gasteiger partial charge in [-0.3, -0.25) is 4.79 Å². The van der Waals surface area contributed by atoms with E-state index < -0.39 is 11.7 Å². The molecule has 4 nitrogen and oxygen atoms in total. The van der Waals surface area contributed by atoms with E-state index in [4.69, 9.17) is 16.0 Å². The van der Waals surface area contributed by atoms with Gasteiger partial charge in [0.2, 0.25) is 0 Å². The predicted octanol–water partition coefficient (Wildman–Crippen LogP) is 4.23. The Balaban J connectivity index is 2.06. The second-order valence-electron chi connectivity index (χ2n) is 5.48. The zero-order chi connectivity index (χ0) is 19.9. The molecule has 0 spiro atoms. The molecule has 2 rings (SSSR count). The highest BCUT2D eigenvalue weighted by Crippen LogP contribution is 2.29. The molecule has 27 heavy (non-hydrogen) atoms. The number of ether oxygens (including phenoxy) is 1. The molecule has 0 aromatic heterocycles. The molecule has 140 valence electrons. The number of oxime groups is 1. The molecule has 0 radical (unpaired) electrons. The van der Waals surface area contributed by atoms with Crippen LogP contribution in [0.3, 0.4) is 0 Å². The Morgan fingerprint density at radius 2 is 1.89 bits per heavy atom. The van der Waals surface area contributed by atoms with Crippen LogP contribution in [0.15, 0.2) is 53.7 Å². The quantitative estimate of drug-likeness (QED) is 0.315.